The molecule has 4 heteroatoms. The third-order valence-corrected chi connectivity index (χ3v) is 13.9. The molecule has 0 bridgehead atoms. The molecule has 0 saturated heterocycles. The largest absolute Gasteiger partial charge is 0.481 e. The van der Waals surface area contributed by atoms with Crippen molar-refractivity contribution in [3.8, 4) is 0 Å². The molecule has 0 aromatic heterocycles. The molecule has 0 aromatic carbocycles. The van der Waals surface area contributed by atoms with Gasteiger partial charge in [-0.3, -0.25) is 9.59 Å². The highest BCUT2D eigenvalue weighted by molar-refractivity contribution is 5.77. The summed E-state index contributed by atoms with van der Waals surface area (Å²) in [4.78, 5) is 24.8. The first kappa shape index (κ1) is 26.3. The Bertz CT molecular complexity index is 971. The van der Waals surface area contributed by atoms with E-state index in [0.29, 0.717) is 23.7 Å². The molecule has 5 aliphatic rings. The van der Waals surface area contributed by atoms with E-state index in [0.717, 1.165) is 31.1 Å². The highest BCUT2D eigenvalue weighted by atomic mass is 16.5. The number of ether oxygens (including phenoxy) is 1. The first-order chi connectivity index (χ1) is 16.6. The van der Waals surface area contributed by atoms with Crippen molar-refractivity contribution in [1.29, 1.82) is 0 Å². The summed E-state index contributed by atoms with van der Waals surface area (Å²) < 4.78 is 5.69. The van der Waals surface area contributed by atoms with E-state index in [1.807, 2.05) is 6.92 Å². The maximum absolute atomic E-state index is 12.9. The quantitative estimate of drug-likeness (QED) is 0.320. The molecule has 5 saturated carbocycles. The number of carboxylic acid groups (broad SMARTS) is 1. The van der Waals surface area contributed by atoms with Gasteiger partial charge in [0.25, 0.3) is 0 Å². The van der Waals surface area contributed by atoms with E-state index >= 15 is 0 Å². The molecule has 0 amide bonds. The average Bonchev–Trinajstić information content (AvgIpc) is 3.14. The van der Waals surface area contributed by atoms with Crippen LogP contribution in [0.2, 0.25) is 0 Å². The summed E-state index contributed by atoms with van der Waals surface area (Å²) in [5, 5.41) is 10.5. The van der Waals surface area contributed by atoms with Crippen LogP contribution in [0, 0.1) is 56.7 Å². The van der Waals surface area contributed by atoms with Crippen molar-refractivity contribution in [2.24, 2.45) is 56.7 Å². The number of hydrogen-bond donors (Lipinski definition) is 1. The SMILES string of the molecule is C=C(C)C1CCC2(C)CCC3(C)C(CCC4C5(C)CCC(OC(C)=O)C(C)(C(=O)O)C5CCC43C)C12. The van der Waals surface area contributed by atoms with E-state index in [2.05, 4.69) is 41.2 Å². The van der Waals surface area contributed by atoms with Crippen LogP contribution in [0.15, 0.2) is 12.2 Å². The van der Waals surface area contributed by atoms with Gasteiger partial charge in [0.1, 0.15) is 11.5 Å². The molecule has 0 heterocycles. The summed E-state index contributed by atoms with van der Waals surface area (Å²) in [5.74, 6) is 1.50. The van der Waals surface area contributed by atoms with Gasteiger partial charge in [0.15, 0.2) is 0 Å². The van der Waals surface area contributed by atoms with Crippen LogP contribution in [0.4, 0.5) is 0 Å². The number of rotatable bonds is 3. The highest BCUT2D eigenvalue weighted by Crippen LogP contribution is 2.77. The molecule has 202 valence electrons. The van der Waals surface area contributed by atoms with Crippen molar-refractivity contribution in [2.75, 3.05) is 0 Å². The Morgan fingerprint density at radius 3 is 2.11 bits per heavy atom. The molecule has 0 radical (unpaired) electrons. The number of carbonyl (C=O) groups excluding carboxylic acids is 1. The smallest absolute Gasteiger partial charge is 0.313 e. The fourth-order valence-electron chi connectivity index (χ4n) is 11.8. The topological polar surface area (TPSA) is 63.6 Å². The number of esters is 1. The number of fused-ring (bicyclic) bond motifs is 7. The van der Waals surface area contributed by atoms with E-state index in [-0.39, 0.29) is 28.1 Å². The molecule has 36 heavy (non-hydrogen) atoms. The summed E-state index contributed by atoms with van der Waals surface area (Å²) in [6.07, 6.45) is 10.8. The lowest BCUT2D eigenvalue weighted by atomic mass is 9.32. The summed E-state index contributed by atoms with van der Waals surface area (Å²) in [5.41, 5.74) is 1.24. The molecule has 0 spiro atoms. The Hall–Kier alpha value is -1.32. The molecule has 0 aliphatic heterocycles. The van der Waals surface area contributed by atoms with Crippen LogP contribution >= 0.6 is 0 Å². The van der Waals surface area contributed by atoms with Gasteiger partial charge in [-0.25, -0.2) is 0 Å². The fraction of sp³-hybridized carbons (Fsp3) is 0.875. The Kier molecular flexibility index (Phi) is 5.91. The average molecular weight is 499 g/mol. The van der Waals surface area contributed by atoms with Crippen molar-refractivity contribution in [3.63, 3.8) is 0 Å². The third kappa shape index (κ3) is 3.17. The Balaban J connectivity index is 1.53. The number of allylic oxidation sites excluding steroid dienone is 1. The first-order valence-electron chi connectivity index (χ1n) is 14.7. The van der Waals surface area contributed by atoms with Gasteiger partial charge in [0.05, 0.1) is 0 Å². The molecule has 5 fully saturated rings. The highest BCUT2D eigenvalue weighted by Gasteiger charge is 2.72. The zero-order chi connectivity index (χ0) is 26.5. The monoisotopic (exact) mass is 498 g/mol. The zero-order valence-corrected chi connectivity index (χ0v) is 23.9. The minimum atomic E-state index is -1.03. The molecule has 1 N–H and O–H groups in total. The second kappa shape index (κ2) is 8.09. The molecular weight excluding hydrogens is 448 g/mol. The third-order valence-electron chi connectivity index (χ3n) is 13.9. The van der Waals surface area contributed by atoms with E-state index in [1.54, 1.807) is 0 Å². The van der Waals surface area contributed by atoms with Crippen LogP contribution < -0.4 is 0 Å². The first-order valence-corrected chi connectivity index (χ1v) is 14.7. The predicted octanol–water partition coefficient (Wildman–Crippen LogP) is 7.66. The molecule has 11 unspecified atom stereocenters. The number of aliphatic carboxylic acids is 1. The second-order valence-corrected chi connectivity index (χ2v) is 15.1. The molecule has 11 atom stereocenters. The van der Waals surface area contributed by atoms with Gasteiger partial charge in [-0.2, -0.15) is 0 Å². The number of hydrogen-bond acceptors (Lipinski definition) is 3. The molecule has 5 rings (SSSR count). The van der Waals surface area contributed by atoms with E-state index in [4.69, 9.17) is 4.74 Å². The van der Waals surface area contributed by atoms with Gasteiger partial charge in [-0.15, -0.1) is 0 Å². The van der Waals surface area contributed by atoms with Gasteiger partial charge in [0, 0.05) is 6.92 Å². The lowest BCUT2D eigenvalue weighted by Crippen LogP contribution is -2.68. The minimum Gasteiger partial charge on any atom is -0.481 e. The Morgan fingerprint density at radius 2 is 1.50 bits per heavy atom. The maximum atomic E-state index is 12.9. The van der Waals surface area contributed by atoms with Gasteiger partial charge < -0.3 is 9.84 Å². The van der Waals surface area contributed by atoms with E-state index in [9.17, 15) is 14.7 Å². The molecule has 0 aromatic rings. The van der Waals surface area contributed by atoms with Gasteiger partial charge >= 0.3 is 11.9 Å². The van der Waals surface area contributed by atoms with E-state index in [1.165, 1.54) is 51.0 Å². The van der Waals surface area contributed by atoms with Crippen LogP contribution in [-0.4, -0.2) is 23.1 Å². The second-order valence-electron chi connectivity index (χ2n) is 15.1. The van der Waals surface area contributed by atoms with Crippen LogP contribution in [0.1, 0.15) is 113 Å². The van der Waals surface area contributed by atoms with Crippen molar-refractivity contribution in [3.05, 3.63) is 12.2 Å². The summed E-state index contributed by atoms with van der Waals surface area (Å²) >= 11 is 0. The molecular formula is C32H50O4. The molecule has 4 nitrogen and oxygen atoms in total. The van der Waals surface area contributed by atoms with Crippen molar-refractivity contribution >= 4 is 11.9 Å². The number of carbonyl (C=O) groups is 2. The van der Waals surface area contributed by atoms with Crippen LogP contribution in [0.5, 0.6) is 0 Å². The van der Waals surface area contributed by atoms with Gasteiger partial charge in [-0.05, 0) is 129 Å². The van der Waals surface area contributed by atoms with Crippen molar-refractivity contribution < 1.29 is 19.4 Å². The minimum absolute atomic E-state index is 0.0299. The predicted molar refractivity (Wildman–Crippen MR) is 142 cm³/mol. The summed E-state index contributed by atoms with van der Waals surface area (Å²) in [6.45, 7) is 20.2. The normalized spacial score (nSPS) is 53.9. The number of carboxylic acids is 1. The fourth-order valence-corrected chi connectivity index (χ4v) is 11.8. The van der Waals surface area contributed by atoms with E-state index < -0.39 is 17.5 Å². The van der Waals surface area contributed by atoms with Gasteiger partial charge in [-0.1, -0.05) is 39.8 Å². The standard InChI is InChI=1S/C32H50O4/c1-19(2)21-11-14-28(4)17-18-30(6)22(26(21)28)9-10-23-29(5)15-13-25(36-20(3)33)32(8,27(34)35)24(29)12-16-31(23,30)7/h21-26H,1,9-18H2,2-8H3,(H,34,35). The Labute approximate surface area is 219 Å². The summed E-state index contributed by atoms with van der Waals surface area (Å²) in [7, 11) is 0. The van der Waals surface area contributed by atoms with Crippen molar-refractivity contribution in [2.45, 2.75) is 119 Å². The lowest BCUT2D eigenvalue weighted by molar-refractivity contribution is -0.252. The van der Waals surface area contributed by atoms with Gasteiger partial charge in [0.2, 0.25) is 0 Å². The van der Waals surface area contributed by atoms with Crippen LogP contribution in [0.25, 0.3) is 0 Å². The van der Waals surface area contributed by atoms with Crippen LogP contribution in [0.3, 0.4) is 0 Å². The lowest BCUT2D eigenvalue weighted by Gasteiger charge is -2.72. The van der Waals surface area contributed by atoms with Crippen LogP contribution in [-0.2, 0) is 14.3 Å². The maximum Gasteiger partial charge on any atom is 0.313 e. The molecule has 5 aliphatic carbocycles. The zero-order valence-electron chi connectivity index (χ0n) is 23.9. The Morgan fingerprint density at radius 1 is 0.806 bits per heavy atom. The van der Waals surface area contributed by atoms with Crippen molar-refractivity contribution in [1.82, 2.24) is 0 Å². The summed E-state index contributed by atoms with van der Waals surface area (Å²) in [6, 6.07) is 0.